The second-order valence-electron chi connectivity index (χ2n) is 3.68. The Labute approximate surface area is 97.1 Å². The van der Waals surface area contributed by atoms with Crippen LogP contribution in [0.1, 0.15) is 30.2 Å². The molecular weight excluding hydrogens is 234 g/mol. The van der Waals surface area contributed by atoms with Crippen LogP contribution in [0.4, 0.5) is 0 Å². The first kappa shape index (κ1) is 10.9. The van der Waals surface area contributed by atoms with Crippen LogP contribution in [-0.2, 0) is 4.79 Å². The van der Waals surface area contributed by atoms with Gasteiger partial charge in [0.05, 0.1) is 4.34 Å². The molecule has 2 unspecified atom stereocenters. The molecule has 1 saturated heterocycles. The number of nitrogens with one attached hydrogen (secondary N) is 1. The molecule has 1 aliphatic heterocycles. The highest BCUT2D eigenvalue weighted by molar-refractivity contribution is 7.16. The number of carbonyl (C=O) groups is 1. The summed E-state index contributed by atoms with van der Waals surface area (Å²) in [5, 5.41) is 12.1. The molecule has 5 heteroatoms. The number of aliphatic carboxylic acids is 1. The van der Waals surface area contributed by atoms with Crippen molar-refractivity contribution in [2.24, 2.45) is 0 Å². The van der Waals surface area contributed by atoms with E-state index in [1.807, 2.05) is 12.1 Å². The van der Waals surface area contributed by atoms with E-state index in [9.17, 15) is 4.79 Å². The van der Waals surface area contributed by atoms with Gasteiger partial charge in [-0.1, -0.05) is 11.6 Å². The van der Waals surface area contributed by atoms with Crippen LogP contribution < -0.4 is 5.32 Å². The number of rotatable bonds is 2. The molecule has 1 fully saturated rings. The molecular formula is C10H12ClNO2S. The Bertz CT molecular complexity index is 366. The van der Waals surface area contributed by atoms with Gasteiger partial charge in [0.2, 0.25) is 0 Å². The van der Waals surface area contributed by atoms with Crippen molar-refractivity contribution < 1.29 is 9.90 Å². The van der Waals surface area contributed by atoms with Gasteiger partial charge < -0.3 is 5.11 Å². The molecule has 0 saturated carbocycles. The van der Waals surface area contributed by atoms with Gasteiger partial charge in [-0.2, -0.15) is 0 Å². The molecule has 1 aliphatic rings. The molecule has 2 heterocycles. The van der Waals surface area contributed by atoms with E-state index in [4.69, 9.17) is 16.7 Å². The largest absolute Gasteiger partial charge is 0.480 e. The minimum absolute atomic E-state index is 0.150. The summed E-state index contributed by atoms with van der Waals surface area (Å²) in [6, 6.07) is 3.56. The summed E-state index contributed by atoms with van der Waals surface area (Å²) in [6.45, 7) is 0. The van der Waals surface area contributed by atoms with Gasteiger partial charge in [-0.25, -0.2) is 0 Å². The fourth-order valence-corrected chi connectivity index (χ4v) is 3.03. The monoisotopic (exact) mass is 245 g/mol. The van der Waals surface area contributed by atoms with Gasteiger partial charge in [-0.15, -0.1) is 11.3 Å². The molecule has 2 rings (SSSR count). The van der Waals surface area contributed by atoms with Crippen LogP contribution in [0.2, 0.25) is 4.34 Å². The van der Waals surface area contributed by atoms with Crippen LogP contribution in [0.3, 0.4) is 0 Å². The lowest BCUT2D eigenvalue weighted by atomic mass is 9.98. The van der Waals surface area contributed by atoms with Crippen molar-refractivity contribution in [1.82, 2.24) is 5.32 Å². The van der Waals surface area contributed by atoms with Crippen LogP contribution >= 0.6 is 22.9 Å². The lowest BCUT2D eigenvalue weighted by Crippen LogP contribution is -2.42. The van der Waals surface area contributed by atoms with Crippen molar-refractivity contribution in [1.29, 1.82) is 0 Å². The Morgan fingerprint density at radius 1 is 1.53 bits per heavy atom. The maximum Gasteiger partial charge on any atom is 0.320 e. The van der Waals surface area contributed by atoms with Gasteiger partial charge in [-0.3, -0.25) is 10.1 Å². The lowest BCUT2D eigenvalue weighted by Gasteiger charge is -2.27. The van der Waals surface area contributed by atoms with E-state index in [1.54, 1.807) is 0 Å². The predicted molar refractivity (Wildman–Crippen MR) is 60.5 cm³/mol. The Morgan fingerprint density at radius 2 is 2.33 bits per heavy atom. The summed E-state index contributed by atoms with van der Waals surface area (Å²) in [7, 11) is 0. The number of hydrogen-bond acceptors (Lipinski definition) is 3. The standard InChI is InChI=1S/C10H12ClNO2S/c11-9-5-4-8(15-9)6-2-1-3-7(12-6)10(13)14/h4-7,12H,1-3H2,(H,13,14). The molecule has 2 N–H and O–H groups in total. The van der Waals surface area contributed by atoms with Crippen LogP contribution in [-0.4, -0.2) is 17.1 Å². The first-order valence-electron chi connectivity index (χ1n) is 4.91. The molecule has 0 bridgehead atoms. The van der Waals surface area contributed by atoms with Gasteiger partial charge in [0.25, 0.3) is 0 Å². The summed E-state index contributed by atoms with van der Waals surface area (Å²) < 4.78 is 0.754. The van der Waals surface area contributed by atoms with E-state index in [1.165, 1.54) is 11.3 Å². The van der Waals surface area contributed by atoms with E-state index in [2.05, 4.69) is 5.32 Å². The summed E-state index contributed by atoms with van der Waals surface area (Å²) >= 11 is 7.37. The smallest absolute Gasteiger partial charge is 0.320 e. The molecule has 3 nitrogen and oxygen atoms in total. The van der Waals surface area contributed by atoms with Gasteiger partial charge >= 0.3 is 5.97 Å². The molecule has 0 aromatic carbocycles. The third-order valence-electron chi connectivity index (χ3n) is 2.62. The van der Waals surface area contributed by atoms with Gasteiger partial charge in [0.1, 0.15) is 6.04 Å². The quantitative estimate of drug-likeness (QED) is 0.842. The second kappa shape index (κ2) is 4.51. The molecule has 0 amide bonds. The van der Waals surface area contributed by atoms with E-state index >= 15 is 0 Å². The minimum atomic E-state index is -0.762. The summed E-state index contributed by atoms with van der Waals surface area (Å²) in [5.41, 5.74) is 0. The Hall–Kier alpha value is -0.580. The van der Waals surface area contributed by atoms with E-state index in [0.29, 0.717) is 6.42 Å². The highest BCUT2D eigenvalue weighted by Crippen LogP contribution is 2.32. The SMILES string of the molecule is O=C(O)C1CCCC(c2ccc(Cl)s2)N1. The number of thiophene rings is 1. The maximum absolute atomic E-state index is 10.9. The topological polar surface area (TPSA) is 49.3 Å². The zero-order valence-corrected chi connectivity index (χ0v) is 9.64. The first-order valence-corrected chi connectivity index (χ1v) is 6.10. The number of piperidine rings is 1. The molecule has 15 heavy (non-hydrogen) atoms. The zero-order valence-electron chi connectivity index (χ0n) is 8.07. The second-order valence-corrected chi connectivity index (χ2v) is 5.43. The number of carboxylic acid groups (broad SMARTS) is 1. The predicted octanol–water partition coefficient (Wildman–Crippen LogP) is 2.67. The Kier molecular flexibility index (Phi) is 3.29. The van der Waals surface area contributed by atoms with Crippen LogP contribution in [0.15, 0.2) is 12.1 Å². The maximum atomic E-state index is 10.9. The fourth-order valence-electron chi connectivity index (χ4n) is 1.87. The first-order chi connectivity index (χ1) is 7.16. The molecule has 0 aliphatic carbocycles. The third-order valence-corrected chi connectivity index (χ3v) is 3.97. The lowest BCUT2D eigenvalue weighted by molar-refractivity contribution is -0.140. The van der Waals surface area contributed by atoms with Crippen molar-refractivity contribution in [3.05, 3.63) is 21.3 Å². The van der Waals surface area contributed by atoms with Crippen LogP contribution in [0, 0.1) is 0 Å². The van der Waals surface area contributed by atoms with Crippen LogP contribution in [0.5, 0.6) is 0 Å². The summed E-state index contributed by atoms with van der Waals surface area (Å²) in [4.78, 5) is 12.0. The van der Waals surface area contributed by atoms with Crippen LogP contribution in [0.25, 0.3) is 0 Å². The highest BCUT2D eigenvalue weighted by Gasteiger charge is 2.27. The van der Waals surface area contributed by atoms with E-state index in [-0.39, 0.29) is 6.04 Å². The number of hydrogen-bond donors (Lipinski definition) is 2. The average Bonchev–Trinajstić information content (AvgIpc) is 2.65. The normalized spacial score (nSPS) is 26.5. The minimum Gasteiger partial charge on any atom is -0.480 e. The molecule has 0 radical (unpaired) electrons. The number of carboxylic acids is 1. The van der Waals surface area contributed by atoms with Gasteiger partial charge in [-0.05, 0) is 31.4 Å². The molecule has 2 atom stereocenters. The summed E-state index contributed by atoms with van der Waals surface area (Å²) in [6.07, 6.45) is 2.65. The van der Waals surface area contributed by atoms with Crippen molar-refractivity contribution >= 4 is 28.9 Å². The van der Waals surface area contributed by atoms with Crippen molar-refractivity contribution in [2.75, 3.05) is 0 Å². The van der Waals surface area contributed by atoms with Gasteiger partial charge in [0.15, 0.2) is 0 Å². The van der Waals surface area contributed by atoms with Crippen molar-refractivity contribution in [3.8, 4) is 0 Å². The van der Waals surface area contributed by atoms with Crippen molar-refractivity contribution in [3.63, 3.8) is 0 Å². The van der Waals surface area contributed by atoms with Gasteiger partial charge in [0, 0.05) is 10.9 Å². The average molecular weight is 246 g/mol. The van der Waals surface area contributed by atoms with Crippen molar-refractivity contribution in [2.45, 2.75) is 31.3 Å². The number of halogens is 1. The molecule has 1 aromatic heterocycles. The molecule has 1 aromatic rings. The molecule has 82 valence electrons. The Morgan fingerprint density at radius 3 is 2.93 bits per heavy atom. The fraction of sp³-hybridized carbons (Fsp3) is 0.500. The summed E-state index contributed by atoms with van der Waals surface area (Å²) in [5.74, 6) is -0.762. The van der Waals surface area contributed by atoms with E-state index < -0.39 is 12.0 Å². The zero-order chi connectivity index (χ0) is 10.8. The third kappa shape index (κ3) is 2.51. The molecule has 0 spiro atoms. The highest BCUT2D eigenvalue weighted by atomic mass is 35.5. The Balaban J connectivity index is 2.07. The van der Waals surface area contributed by atoms with E-state index in [0.717, 1.165) is 22.1 Å².